The third kappa shape index (κ3) is 3.73. The largest absolute Gasteiger partial charge is 0.215 e. The zero-order chi connectivity index (χ0) is 20.4. The van der Waals surface area contributed by atoms with Gasteiger partial charge in [0.05, 0.1) is 5.69 Å². The van der Waals surface area contributed by atoms with Gasteiger partial charge in [-0.05, 0) is 46.2 Å². The van der Waals surface area contributed by atoms with Crippen molar-refractivity contribution in [3.63, 3.8) is 0 Å². The van der Waals surface area contributed by atoms with E-state index in [2.05, 4.69) is 92.4 Å². The molecule has 146 valence electrons. The molecule has 1 aromatic heterocycles. The molecule has 0 saturated heterocycles. The Balaban J connectivity index is 1.98. The zero-order valence-electron chi connectivity index (χ0n) is 17.5. The van der Waals surface area contributed by atoms with Gasteiger partial charge in [-0.2, -0.15) is 5.10 Å². The number of benzene rings is 3. The molecule has 0 spiro atoms. The van der Waals surface area contributed by atoms with Gasteiger partial charge in [-0.3, -0.25) is 0 Å². The minimum absolute atomic E-state index is 0.360. The van der Waals surface area contributed by atoms with Crippen LogP contribution in [0.4, 0.5) is 0 Å². The second-order valence-electron chi connectivity index (χ2n) is 8.04. The summed E-state index contributed by atoms with van der Waals surface area (Å²) in [6, 6.07) is 25.5. The van der Waals surface area contributed by atoms with Crippen molar-refractivity contribution in [1.82, 2.24) is 14.8 Å². The lowest BCUT2D eigenvalue weighted by Crippen LogP contribution is -2.10. The lowest BCUT2D eigenvalue weighted by molar-refractivity contribution is 0.773. The van der Waals surface area contributed by atoms with Crippen molar-refractivity contribution in [3.8, 4) is 28.2 Å². The van der Waals surface area contributed by atoms with Crippen molar-refractivity contribution in [1.29, 1.82) is 0 Å². The lowest BCUT2D eigenvalue weighted by Gasteiger charge is -2.22. The van der Waals surface area contributed by atoms with Crippen molar-refractivity contribution in [3.05, 3.63) is 90.3 Å². The van der Waals surface area contributed by atoms with E-state index in [0.29, 0.717) is 11.8 Å². The van der Waals surface area contributed by atoms with Gasteiger partial charge in [-0.15, -0.1) is 0 Å². The third-order valence-corrected chi connectivity index (χ3v) is 5.31. The van der Waals surface area contributed by atoms with Gasteiger partial charge in [-0.1, -0.05) is 88.4 Å². The minimum atomic E-state index is 0.360. The predicted molar refractivity (Wildman–Crippen MR) is 120 cm³/mol. The van der Waals surface area contributed by atoms with Gasteiger partial charge in [0.1, 0.15) is 6.33 Å². The first-order chi connectivity index (χ1) is 14.1. The lowest BCUT2D eigenvalue weighted by atomic mass is 9.88. The molecule has 0 aliphatic rings. The summed E-state index contributed by atoms with van der Waals surface area (Å²) in [4.78, 5) is 4.60. The number of rotatable bonds is 5. The Labute approximate surface area is 173 Å². The molecule has 4 aromatic rings. The van der Waals surface area contributed by atoms with Gasteiger partial charge < -0.3 is 0 Å². The van der Waals surface area contributed by atoms with Gasteiger partial charge in [-0.25, -0.2) is 9.67 Å². The summed E-state index contributed by atoms with van der Waals surface area (Å²) in [5.41, 5.74) is 7.30. The highest BCUT2D eigenvalue weighted by molar-refractivity contribution is 5.71. The van der Waals surface area contributed by atoms with Crippen molar-refractivity contribution in [2.24, 2.45) is 0 Å². The molecule has 0 radical (unpaired) electrons. The van der Waals surface area contributed by atoms with Crippen LogP contribution in [0.2, 0.25) is 0 Å². The van der Waals surface area contributed by atoms with Crippen LogP contribution in [0, 0.1) is 0 Å². The Kier molecular flexibility index (Phi) is 5.30. The number of hydrogen-bond donors (Lipinski definition) is 0. The van der Waals surface area contributed by atoms with Crippen molar-refractivity contribution in [2.45, 2.75) is 39.5 Å². The fourth-order valence-electron chi connectivity index (χ4n) is 3.79. The average molecular weight is 382 g/mol. The van der Waals surface area contributed by atoms with Crippen molar-refractivity contribution < 1.29 is 0 Å². The van der Waals surface area contributed by atoms with Crippen LogP contribution in [0.3, 0.4) is 0 Å². The minimum Gasteiger partial charge on any atom is -0.215 e. The number of aromatic nitrogens is 3. The van der Waals surface area contributed by atoms with E-state index < -0.39 is 0 Å². The number of nitrogens with zero attached hydrogens (tertiary/aromatic N) is 3. The SMILES string of the molecule is CC(C)c1cc(-c2ccccc2)cc(C(C)C)c1-n1ncnc1-c1ccccc1. The Morgan fingerprint density at radius 2 is 1.17 bits per heavy atom. The molecular weight excluding hydrogens is 354 g/mol. The molecule has 3 heteroatoms. The topological polar surface area (TPSA) is 30.7 Å². The maximum atomic E-state index is 4.66. The maximum Gasteiger partial charge on any atom is 0.163 e. The fourth-order valence-corrected chi connectivity index (χ4v) is 3.79. The third-order valence-electron chi connectivity index (χ3n) is 5.31. The normalized spacial score (nSPS) is 11.4. The molecule has 1 heterocycles. The molecule has 0 saturated carbocycles. The Hall–Kier alpha value is -3.20. The molecule has 0 atom stereocenters. The van der Waals surface area contributed by atoms with Gasteiger partial charge >= 0.3 is 0 Å². The molecule has 0 N–H and O–H groups in total. The zero-order valence-corrected chi connectivity index (χ0v) is 17.5. The standard InChI is InChI=1S/C26H27N3/c1-18(2)23-15-22(20-11-7-5-8-12-20)16-24(19(3)4)25(23)29-26(27-17-28-29)21-13-9-6-10-14-21/h5-19H,1-4H3. The van der Waals surface area contributed by atoms with Gasteiger partial charge in [0, 0.05) is 5.56 Å². The average Bonchev–Trinajstić information content (AvgIpc) is 3.23. The van der Waals surface area contributed by atoms with Gasteiger partial charge in [0.25, 0.3) is 0 Å². The van der Waals surface area contributed by atoms with E-state index in [9.17, 15) is 0 Å². The quantitative estimate of drug-likeness (QED) is 0.378. The smallest absolute Gasteiger partial charge is 0.163 e. The van der Waals surface area contributed by atoms with E-state index in [1.165, 1.54) is 22.3 Å². The maximum absolute atomic E-state index is 4.66. The second-order valence-corrected chi connectivity index (χ2v) is 8.04. The van der Waals surface area contributed by atoms with Crippen LogP contribution in [-0.4, -0.2) is 14.8 Å². The van der Waals surface area contributed by atoms with E-state index in [1.807, 2.05) is 22.9 Å². The van der Waals surface area contributed by atoms with E-state index in [1.54, 1.807) is 6.33 Å². The molecule has 0 aliphatic carbocycles. The fraction of sp³-hybridized carbons (Fsp3) is 0.231. The van der Waals surface area contributed by atoms with Crippen LogP contribution in [0.5, 0.6) is 0 Å². The van der Waals surface area contributed by atoms with Crippen LogP contribution in [0.15, 0.2) is 79.1 Å². The first-order valence-corrected chi connectivity index (χ1v) is 10.3. The van der Waals surface area contributed by atoms with Crippen molar-refractivity contribution in [2.75, 3.05) is 0 Å². The highest BCUT2D eigenvalue weighted by Gasteiger charge is 2.21. The second kappa shape index (κ2) is 8.04. The molecule has 0 amide bonds. The Morgan fingerprint density at radius 3 is 1.69 bits per heavy atom. The van der Waals surface area contributed by atoms with Crippen LogP contribution in [0.25, 0.3) is 28.2 Å². The van der Waals surface area contributed by atoms with Crippen LogP contribution in [0.1, 0.15) is 50.7 Å². The molecule has 0 bridgehead atoms. The molecule has 3 aromatic carbocycles. The molecule has 0 unspecified atom stereocenters. The highest BCUT2D eigenvalue weighted by Crippen LogP contribution is 2.37. The summed E-state index contributed by atoms with van der Waals surface area (Å²) < 4.78 is 2.02. The molecule has 0 aliphatic heterocycles. The van der Waals surface area contributed by atoms with Crippen LogP contribution in [-0.2, 0) is 0 Å². The molecule has 0 fully saturated rings. The van der Waals surface area contributed by atoms with E-state index in [0.717, 1.165) is 17.1 Å². The number of hydrogen-bond acceptors (Lipinski definition) is 2. The Bertz CT molecular complexity index is 1060. The van der Waals surface area contributed by atoms with E-state index in [-0.39, 0.29) is 0 Å². The summed E-state index contributed by atoms with van der Waals surface area (Å²) >= 11 is 0. The highest BCUT2D eigenvalue weighted by atomic mass is 15.3. The Morgan fingerprint density at radius 1 is 0.655 bits per heavy atom. The first-order valence-electron chi connectivity index (χ1n) is 10.3. The van der Waals surface area contributed by atoms with Crippen LogP contribution >= 0.6 is 0 Å². The molecule has 4 rings (SSSR count). The predicted octanol–water partition coefficient (Wildman–Crippen LogP) is 6.85. The van der Waals surface area contributed by atoms with Crippen LogP contribution < -0.4 is 0 Å². The summed E-state index contributed by atoms with van der Waals surface area (Å²) in [6.45, 7) is 8.99. The first kappa shape index (κ1) is 19.1. The van der Waals surface area contributed by atoms with E-state index in [4.69, 9.17) is 0 Å². The monoisotopic (exact) mass is 381 g/mol. The summed E-state index contributed by atoms with van der Waals surface area (Å²) in [5, 5.41) is 4.66. The van der Waals surface area contributed by atoms with Gasteiger partial charge in [0.2, 0.25) is 0 Å². The van der Waals surface area contributed by atoms with E-state index >= 15 is 0 Å². The summed E-state index contributed by atoms with van der Waals surface area (Å²) in [5.74, 6) is 1.60. The van der Waals surface area contributed by atoms with Gasteiger partial charge in [0.15, 0.2) is 5.82 Å². The molecule has 3 nitrogen and oxygen atoms in total. The van der Waals surface area contributed by atoms with Crippen molar-refractivity contribution >= 4 is 0 Å². The molecular formula is C26H27N3. The summed E-state index contributed by atoms with van der Waals surface area (Å²) in [6.07, 6.45) is 1.65. The summed E-state index contributed by atoms with van der Waals surface area (Å²) in [7, 11) is 0. The molecule has 29 heavy (non-hydrogen) atoms.